The number of carbonyl (C=O) groups is 2. The van der Waals surface area contributed by atoms with E-state index in [4.69, 9.17) is 0 Å². The van der Waals surface area contributed by atoms with Gasteiger partial charge in [-0.15, -0.1) is 0 Å². The van der Waals surface area contributed by atoms with E-state index >= 15 is 0 Å². The summed E-state index contributed by atoms with van der Waals surface area (Å²) >= 11 is 0. The van der Waals surface area contributed by atoms with Gasteiger partial charge in [-0.2, -0.15) is 0 Å². The zero-order chi connectivity index (χ0) is 21.5. The van der Waals surface area contributed by atoms with Crippen LogP contribution in [-0.4, -0.2) is 53.8 Å². The summed E-state index contributed by atoms with van der Waals surface area (Å²) in [6, 6.07) is 12.7. The van der Waals surface area contributed by atoms with Crippen LogP contribution in [0.3, 0.4) is 0 Å². The predicted octanol–water partition coefficient (Wildman–Crippen LogP) is 3.46. The third-order valence-electron chi connectivity index (χ3n) is 5.48. The normalized spacial score (nSPS) is 15.6. The lowest BCUT2D eigenvalue weighted by Crippen LogP contribution is -2.54. The summed E-state index contributed by atoms with van der Waals surface area (Å²) in [4.78, 5) is 28.7. The number of aryl methyl sites for hydroxylation is 1. The number of benzene rings is 2. The Morgan fingerprint density at radius 2 is 1.73 bits per heavy atom. The van der Waals surface area contributed by atoms with Gasteiger partial charge in [0.15, 0.2) is 0 Å². The Labute approximate surface area is 175 Å². The van der Waals surface area contributed by atoms with Gasteiger partial charge in [0, 0.05) is 38.7 Å². The number of hydrogen-bond donors (Lipinski definition) is 1. The maximum absolute atomic E-state index is 13.8. The number of nitrogens with zero attached hydrogens (tertiary/aromatic N) is 2. The molecular formula is C23H27F2N3O2. The Hall–Kier alpha value is -2.80. The first kappa shape index (κ1) is 21.9. The van der Waals surface area contributed by atoms with Gasteiger partial charge in [-0.05, 0) is 37.5 Å². The molecule has 160 valence electrons. The molecule has 1 fully saturated rings. The first-order chi connectivity index (χ1) is 14.4. The maximum Gasteiger partial charge on any atom is 0.241 e. The van der Waals surface area contributed by atoms with Gasteiger partial charge in [0.25, 0.3) is 0 Å². The van der Waals surface area contributed by atoms with Crippen LogP contribution < -0.4 is 5.32 Å². The molecule has 30 heavy (non-hydrogen) atoms. The van der Waals surface area contributed by atoms with E-state index in [-0.39, 0.29) is 17.5 Å². The van der Waals surface area contributed by atoms with Crippen molar-refractivity contribution in [2.45, 2.75) is 32.2 Å². The molecule has 7 heteroatoms. The van der Waals surface area contributed by atoms with Crippen LogP contribution in [0.15, 0.2) is 48.5 Å². The molecule has 0 bridgehead atoms. The summed E-state index contributed by atoms with van der Waals surface area (Å²) in [6.45, 7) is 4.02. The monoisotopic (exact) mass is 415 g/mol. The van der Waals surface area contributed by atoms with Crippen LogP contribution in [0.4, 0.5) is 14.5 Å². The molecule has 1 saturated heterocycles. The van der Waals surface area contributed by atoms with Crippen LogP contribution in [0.2, 0.25) is 0 Å². The van der Waals surface area contributed by atoms with Crippen molar-refractivity contribution in [3.8, 4) is 0 Å². The van der Waals surface area contributed by atoms with Crippen molar-refractivity contribution < 1.29 is 18.4 Å². The SMILES string of the molecule is CC(C(=O)Nc1ccc(F)cc1F)N1CCN(C(=O)CCCc2ccccc2)CC1. The molecular weight excluding hydrogens is 388 g/mol. The summed E-state index contributed by atoms with van der Waals surface area (Å²) in [5, 5.41) is 2.51. The molecule has 1 aliphatic heterocycles. The van der Waals surface area contributed by atoms with Crippen LogP contribution in [0, 0.1) is 11.6 Å². The fraction of sp³-hybridized carbons (Fsp3) is 0.391. The Balaban J connectivity index is 1.42. The number of nitrogens with one attached hydrogen (secondary N) is 1. The first-order valence-electron chi connectivity index (χ1n) is 10.3. The number of rotatable bonds is 7. The molecule has 0 aliphatic carbocycles. The van der Waals surface area contributed by atoms with Gasteiger partial charge in [0.05, 0.1) is 11.7 Å². The summed E-state index contributed by atoms with van der Waals surface area (Å²) in [5.41, 5.74) is 1.19. The Kier molecular flexibility index (Phi) is 7.52. The second-order valence-electron chi connectivity index (χ2n) is 7.55. The van der Waals surface area contributed by atoms with E-state index in [0.29, 0.717) is 32.6 Å². The molecule has 3 rings (SSSR count). The van der Waals surface area contributed by atoms with Crippen molar-refractivity contribution in [3.05, 3.63) is 65.7 Å². The first-order valence-corrected chi connectivity index (χ1v) is 10.3. The standard InChI is InChI=1S/C23H27F2N3O2/c1-17(23(30)26-21-11-10-19(24)16-20(21)25)27-12-14-28(15-13-27)22(29)9-5-8-18-6-3-2-4-7-18/h2-4,6-7,10-11,16-17H,5,8-9,12-15H2,1H3,(H,26,30). The zero-order valence-electron chi connectivity index (χ0n) is 17.1. The number of amides is 2. The zero-order valence-corrected chi connectivity index (χ0v) is 17.1. The van der Waals surface area contributed by atoms with E-state index in [1.807, 2.05) is 28.0 Å². The number of anilines is 1. The lowest BCUT2D eigenvalue weighted by molar-refractivity contribution is -0.133. The lowest BCUT2D eigenvalue weighted by atomic mass is 10.1. The largest absolute Gasteiger partial charge is 0.340 e. The molecule has 2 aromatic rings. The van der Waals surface area contributed by atoms with Crippen LogP contribution in [0.1, 0.15) is 25.3 Å². The number of carbonyl (C=O) groups excluding carboxylic acids is 2. The van der Waals surface area contributed by atoms with Crippen molar-refractivity contribution in [2.75, 3.05) is 31.5 Å². The molecule has 1 heterocycles. The van der Waals surface area contributed by atoms with Crippen molar-refractivity contribution in [2.24, 2.45) is 0 Å². The molecule has 2 aromatic carbocycles. The van der Waals surface area contributed by atoms with E-state index in [9.17, 15) is 18.4 Å². The van der Waals surface area contributed by atoms with Gasteiger partial charge in [-0.3, -0.25) is 14.5 Å². The van der Waals surface area contributed by atoms with E-state index in [0.717, 1.165) is 25.0 Å². The molecule has 0 aromatic heterocycles. The van der Waals surface area contributed by atoms with E-state index < -0.39 is 17.7 Å². The van der Waals surface area contributed by atoms with Gasteiger partial charge in [0.2, 0.25) is 11.8 Å². The summed E-state index contributed by atoms with van der Waals surface area (Å²) in [5.74, 6) is -1.72. The smallest absolute Gasteiger partial charge is 0.241 e. The van der Waals surface area contributed by atoms with E-state index in [1.54, 1.807) is 6.92 Å². The molecule has 5 nitrogen and oxygen atoms in total. The summed E-state index contributed by atoms with van der Waals surface area (Å²) < 4.78 is 26.8. The minimum atomic E-state index is -0.804. The third-order valence-corrected chi connectivity index (χ3v) is 5.48. The third kappa shape index (κ3) is 5.86. The Morgan fingerprint density at radius 1 is 1.03 bits per heavy atom. The second kappa shape index (κ2) is 10.3. The van der Waals surface area contributed by atoms with Crippen LogP contribution >= 0.6 is 0 Å². The van der Waals surface area contributed by atoms with Gasteiger partial charge in [0.1, 0.15) is 11.6 Å². The second-order valence-corrected chi connectivity index (χ2v) is 7.55. The van der Waals surface area contributed by atoms with Crippen molar-refractivity contribution in [1.82, 2.24) is 9.80 Å². The highest BCUT2D eigenvalue weighted by molar-refractivity contribution is 5.94. The Bertz CT molecular complexity index is 868. The maximum atomic E-state index is 13.8. The Morgan fingerprint density at radius 3 is 2.40 bits per heavy atom. The van der Waals surface area contributed by atoms with Crippen LogP contribution in [0.25, 0.3) is 0 Å². The van der Waals surface area contributed by atoms with E-state index in [2.05, 4.69) is 17.4 Å². The highest BCUT2D eigenvalue weighted by Gasteiger charge is 2.27. The van der Waals surface area contributed by atoms with Gasteiger partial charge in [-0.1, -0.05) is 30.3 Å². The molecule has 0 spiro atoms. The van der Waals surface area contributed by atoms with Crippen molar-refractivity contribution in [3.63, 3.8) is 0 Å². The molecule has 1 atom stereocenters. The molecule has 0 saturated carbocycles. The van der Waals surface area contributed by atoms with E-state index in [1.165, 1.54) is 11.6 Å². The van der Waals surface area contributed by atoms with Crippen LogP contribution in [0.5, 0.6) is 0 Å². The topological polar surface area (TPSA) is 52.7 Å². The fourth-order valence-corrected chi connectivity index (χ4v) is 3.60. The van der Waals surface area contributed by atoms with Crippen molar-refractivity contribution in [1.29, 1.82) is 0 Å². The quantitative estimate of drug-likeness (QED) is 0.754. The van der Waals surface area contributed by atoms with Crippen LogP contribution in [-0.2, 0) is 16.0 Å². The minimum Gasteiger partial charge on any atom is -0.340 e. The molecule has 1 unspecified atom stereocenters. The number of halogens is 2. The summed E-state index contributed by atoms with van der Waals surface area (Å²) in [7, 11) is 0. The van der Waals surface area contributed by atoms with Crippen molar-refractivity contribution >= 4 is 17.5 Å². The molecule has 2 amide bonds. The minimum absolute atomic E-state index is 0.0412. The molecule has 1 aliphatic rings. The molecule has 0 radical (unpaired) electrons. The molecule has 1 N–H and O–H groups in total. The average molecular weight is 415 g/mol. The van der Waals surface area contributed by atoms with Gasteiger partial charge < -0.3 is 10.2 Å². The van der Waals surface area contributed by atoms with Gasteiger partial charge in [-0.25, -0.2) is 8.78 Å². The number of piperazine rings is 1. The fourth-order valence-electron chi connectivity index (χ4n) is 3.60. The average Bonchev–Trinajstić information content (AvgIpc) is 2.76. The lowest BCUT2D eigenvalue weighted by Gasteiger charge is -2.37. The highest BCUT2D eigenvalue weighted by Crippen LogP contribution is 2.17. The number of hydrogen-bond acceptors (Lipinski definition) is 3. The van der Waals surface area contributed by atoms with Gasteiger partial charge >= 0.3 is 0 Å². The highest BCUT2D eigenvalue weighted by atomic mass is 19.1. The predicted molar refractivity (Wildman–Crippen MR) is 112 cm³/mol. The summed E-state index contributed by atoms with van der Waals surface area (Å²) in [6.07, 6.45) is 2.20.